The zero-order valence-electron chi connectivity index (χ0n) is 19.7. The summed E-state index contributed by atoms with van der Waals surface area (Å²) < 4.78 is 12.1. The largest absolute Gasteiger partial charge is 0.493 e. The molecule has 0 spiro atoms. The third-order valence-electron chi connectivity index (χ3n) is 7.03. The lowest BCUT2D eigenvalue weighted by molar-refractivity contribution is -0.135. The number of aliphatic hydroxyl groups excluding tert-OH is 1. The van der Waals surface area contributed by atoms with Gasteiger partial charge in [0, 0.05) is 51.5 Å². The third kappa shape index (κ3) is 5.47. The Bertz CT molecular complexity index is 1040. The number of hydrogen-bond acceptors (Lipinski definition) is 7. The van der Waals surface area contributed by atoms with Crippen LogP contribution in [0, 0.1) is 0 Å². The molecule has 0 saturated carbocycles. The van der Waals surface area contributed by atoms with Gasteiger partial charge >= 0.3 is 0 Å². The molecule has 4 heterocycles. The van der Waals surface area contributed by atoms with Gasteiger partial charge in [-0.3, -0.25) is 19.5 Å². The minimum atomic E-state index is -0.680. The van der Waals surface area contributed by atoms with E-state index in [2.05, 4.69) is 15.2 Å². The monoisotopic (exact) mass is 480 g/mol. The summed E-state index contributed by atoms with van der Waals surface area (Å²) in [4.78, 5) is 35.1. The molecule has 2 saturated heterocycles. The molecule has 2 fully saturated rings. The van der Waals surface area contributed by atoms with Crippen molar-refractivity contribution in [2.75, 3.05) is 32.8 Å². The maximum absolute atomic E-state index is 13.7. The van der Waals surface area contributed by atoms with Gasteiger partial charge in [0.1, 0.15) is 17.9 Å². The molecule has 9 nitrogen and oxygen atoms in total. The third-order valence-corrected chi connectivity index (χ3v) is 7.03. The lowest BCUT2D eigenvalue weighted by Gasteiger charge is -2.41. The number of pyridine rings is 1. The number of amides is 2. The summed E-state index contributed by atoms with van der Waals surface area (Å²) in [6.07, 6.45) is 4.37. The first-order valence-corrected chi connectivity index (χ1v) is 12.3. The molecule has 2 bridgehead atoms. The second kappa shape index (κ2) is 10.7. The van der Waals surface area contributed by atoms with Crippen molar-refractivity contribution in [3.63, 3.8) is 0 Å². The SMILES string of the molecule is O=C1NC[C@H]2O[C@H](CCOc3ccccc3C(=O)N3CCN(Cc4cccnc4)C[C@@H]13)CC[C@@H]2O. The molecule has 1 aromatic carbocycles. The highest BCUT2D eigenvalue weighted by molar-refractivity contribution is 6.00. The molecule has 0 radical (unpaired) electrons. The fourth-order valence-electron chi connectivity index (χ4n) is 5.09. The molecule has 1 aromatic heterocycles. The second-order valence-corrected chi connectivity index (χ2v) is 9.43. The van der Waals surface area contributed by atoms with E-state index in [1.165, 1.54) is 0 Å². The number of aliphatic hydroxyl groups is 1. The summed E-state index contributed by atoms with van der Waals surface area (Å²) in [5, 5.41) is 13.4. The Morgan fingerprint density at radius 3 is 2.83 bits per heavy atom. The van der Waals surface area contributed by atoms with E-state index in [9.17, 15) is 14.7 Å². The molecular formula is C26H32N4O5. The zero-order chi connectivity index (χ0) is 24.2. The van der Waals surface area contributed by atoms with Gasteiger partial charge in [-0.05, 0) is 36.6 Å². The van der Waals surface area contributed by atoms with Crippen LogP contribution in [0.5, 0.6) is 5.75 Å². The maximum Gasteiger partial charge on any atom is 0.258 e. The summed E-state index contributed by atoms with van der Waals surface area (Å²) in [5.74, 6) is 0.0526. The van der Waals surface area contributed by atoms with Crippen molar-refractivity contribution in [1.29, 1.82) is 0 Å². The molecule has 0 unspecified atom stereocenters. The smallest absolute Gasteiger partial charge is 0.258 e. The molecule has 9 heteroatoms. The van der Waals surface area contributed by atoms with Crippen LogP contribution in [0.3, 0.4) is 0 Å². The van der Waals surface area contributed by atoms with Gasteiger partial charge in [-0.2, -0.15) is 0 Å². The molecular weight excluding hydrogens is 448 g/mol. The summed E-state index contributed by atoms with van der Waals surface area (Å²) in [6.45, 7) is 2.70. The van der Waals surface area contributed by atoms with E-state index in [1.807, 2.05) is 30.5 Å². The van der Waals surface area contributed by atoms with Crippen LogP contribution in [-0.2, 0) is 16.1 Å². The number of piperazine rings is 1. The number of nitrogens with zero attached hydrogens (tertiary/aromatic N) is 3. The van der Waals surface area contributed by atoms with E-state index in [4.69, 9.17) is 9.47 Å². The van der Waals surface area contributed by atoms with Crippen molar-refractivity contribution in [1.82, 2.24) is 20.1 Å². The molecule has 2 N–H and O–H groups in total. The van der Waals surface area contributed by atoms with Crippen molar-refractivity contribution in [2.24, 2.45) is 0 Å². The highest BCUT2D eigenvalue weighted by atomic mass is 16.5. The Morgan fingerprint density at radius 1 is 1.09 bits per heavy atom. The van der Waals surface area contributed by atoms with Crippen LogP contribution >= 0.6 is 0 Å². The molecule has 4 atom stereocenters. The quantitative estimate of drug-likeness (QED) is 0.666. The van der Waals surface area contributed by atoms with E-state index in [0.29, 0.717) is 56.9 Å². The number of carbonyl (C=O) groups is 2. The summed E-state index contributed by atoms with van der Waals surface area (Å²) in [5.41, 5.74) is 1.51. The predicted molar refractivity (Wildman–Crippen MR) is 128 cm³/mol. The number of rotatable bonds is 2. The minimum absolute atomic E-state index is 0.0627. The second-order valence-electron chi connectivity index (χ2n) is 9.43. The van der Waals surface area contributed by atoms with Crippen LogP contribution in [0.2, 0.25) is 0 Å². The molecule has 3 aliphatic rings. The van der Waals surface area contributed by atoms with Crippen LogP contribution in [-0.4, -0.2) is 88.8 Å². The van der Waals surface area contributed by atoms with Gasteiger partial charge in [0.25, 0.3) is 5.91 Å². The first-order chi connectivity index (χ1) is 17.1. The predicted octanol–water partition coefficient (Wildman–Crippen LogP) is 1.22. The van der Waals surface area contributed by atoms with E-state index < -0.39 is 18.2 Å². The van der Waals surface area contributed by atoms with E-state index in [-0.39, 0.29) is 24.5 Å². The molecule has 5 rings (SSSR count). The number of fused-ring (bicyclic) bond motifs is 4. The first-order valence-electron chi connectivity index (χ1n) is 12.3. The fourth-order valence-corrected chi connectivity index (χ4v) is 5.09. The van der Waals surface area contributed by atoms with Crippen molar-refractivity contribution < 1.29 is 24.2 Å². The Hall–Kier alpha value is -3.01. The van der Waals surface area contributed by atoms with E-state index in [0.717, 1.165) is 12.0 Å². The van der Waals surface area contributed by atoms with Gasteiger partial charge in [-0.25, -0.2) is 0 Å². The van der Waals surface area contributed by atoms with Crippen molar-refractivity contribution >= 4 is 11.8 Å². The van der Waals surface area contributed by atoms with E-state index >= 15 is 0 Å². The molecule has 3 aliphatic heterocycles. The van der Waals surface area contributed by atoms with Crippen LogP contribution in [0.4, 0.5) is 0 Å². The van der Waals surface area contributed by atoms with Crippen molar-refractivity contribution in [2.45, 2.75) is 50.2 Å². The Labute approximate surface area is 205 Å². The zero-order valence-corrected chi connectivity index (χ0v) is 19.7. The van der Waals surface area contributed by atoms with Gasteiger partial charge in [0.05, 0.1) is 24.4 Å². The average molecular weight is 481 g/mol. The number of nitrogens with one attached hydrogen (secondary N) is 1. The van der Waals surface area contributed by atoms with Crippen LogP contribution in [0.25, 0.3) is 0 Å². The lowest BCUT2D eigenvalue weighted by atomic mass is 9.99. The van der Waals surface area contributed by atoms with Gasteiger partial charge in [0.2, 0.25) is 5.91 Å². The highest BCUT2D eigenvalue weighted by Gasteiger charge is 2.38. The molecule has 35 heavy (non-hydrogen) atoms. The van der Waals surface area contributed by atoms with Gasteiger partial charge < -0.3 is 24.8 Å². The Kier molecular flexibility index (Phi) is 7.26. The maximum atomic E-state index is 13.7. The topological polar surface area (TPSA) is 104 Å². The summed E-state index contributed by atoms with van der Waals surface area (Å²) >= 11 is 0. The van der Waals surface area contributed by atoms with Crippen molar-refractivity contribution in [3.05, 3.63) is 59.9 Å². The summed E-state index contributed by atoms with van der Waals surface area (Å²) in [6, 6.07) is 10.4. The van der Waals surface area contributed by atoms with Crippen LogP contribution < -0.4 is 10.1 Å². The Morgan fingerprint density at radius 2 is 1.97 bits per heavy atom. The number of aromatic nitrogens is 1. The standard InChI is InChI=1S/C26H32N4O5/c31-22-8-7-19-9-13-34-23-6-2-1-5-20(23)26(33)30-12-11-29(16-18-4-3-10-27-14-18)17-21(30)25(32)28-15-24(22)35-19/h1-6,10,14,19,21-22,24,31H,7-9,11-13,15-17H2,(H,28,32)/t19-,21-,22-,24+/m0/s1. The minimum Gasteiger partial charge on any atom is -0.493 e. The van der Waals surface area contributed by atoms with Gasteiger partial charge in [-0.1, -0.05) is 18.2 Å². The summed E-state index contributed by atoms with van der Waals surface area (Å²) in [7, 11) is 0. The lowest BCUT2D eigenvalue weighted by Crippen LogP contribution is -2.61. The van der Waals surface area contributed by atoms with Gasteiger partial charge in [0.15, 0.2) is 0 Å². The fraction of sp³-hybridized carbons (Fsp3) is 0.500. The number of carbonyl (C=O) groups excluding carboxylic acids is 2. The van der Waals surface area contributed by atoms with Crippen molar-refractivity contribution in [3.8, 4) is 5.75 Å². The normalized spacial score (nSPS) is 28.2. The average Bonchev–Trinajstić information content (AvgIpc) is 2.88. The van der Waals surface area contributed by atoms with E-state index in [1.54, 1.807) is 23.2 Å². The molecule has 0 aliphatic carbocycles. The number of ether oxygens (including phenoxy) is 2. The Balaban J connectivity index is 1.41. The molecule has 2 aromatic rings. The molecule has 186 valence electrons. The van der Waals surface area contributed by atoms with Crippen LogP contribution in [0.1, 0.15) is 35.2 Å². The number of hydrogen-bond donors (Lipinski definition) is 2. The number of para-hydroxylation sites is 1. The molecule has 2 amide bonds. The van der Waals surface area contributed by atoms with Crippen LogP contribution in [0.15, 0.2) is 48.8 Å². The van der Waals surface area contributed by atoms with Gasteiger partial charge in [-0.15, -0.1) is 0 Å². The number of benzene rings is 1. The highest BCUT2D eigenvalue weighted by Crippen LogP contribution is 2.26. The first kappa shape index (κ1) is 23.7.